The van der Waals surface area contributed by atoms with Crippen LogP contribution in [0.3, 0.4) is 0 Å². The highest BCUT2D eigenvalue weighted by Crippen LogP contribution is 2.16. The Hall–Kier alpha value is -1.55. The molecule has 4 nitrogen and oxygen atoms in total. The minimum absolute atomic E-state index is 0.00458. The van der Waals surface area contributed by atoms with Gasteiger partial charge in [0.05, 0.1) is 6.61 Å². The average Bonchev–Trinajstić information content (AvgIpc) is 2.53. The molecular weight excluding hydrogens is 276 g/mol. The highest BCUT2D eigenvalue weighted by Gasteiger charge is 2.22. The molecule has 1 aliphatic heterocycles. The molecule has 4 heteroatoms. The molecular formula is C18H28N2O2. The van der Waals surface area contributed by atoms with Crippen molar-refractivity contribution in [1.29, 1.82) is 0 Å². The first-order valence-corrected chi connectivity index (χ1v) is 8.38. The molecule has 1 N–H and O–H groups in total. The Morgan fingerprint density at radius 1 is 1.36 bits per heavy atom. The van der Waals surface area contributed by atoms with Gasteiger partial charge in [-0.2, -0.15) is 0 Å². The summed E-state index contributed by atoms with van der Waals surface area (Å²) in [6, 6.07) is 8.31. The van der Waals surface area contributed by atoms with Gasteiger partial charge in [0.2, 0.25) is 0 Å². The second kappa shape index (κ2) is 8.18. The Morgan fingerprint density at radius 3 is 2.73 bits per heavy atom. The van der Waals surface area contributed by atoms with Crippen LogP contribution in [0, 0.1) is 0 Å². The van der Waals surface area contributed by atoms with Gasteiger partial charge >= 0.3 is 0 Å². The van der Waals surface area contributed by atoms with Gasteiger partial charge in [-0.05, 0) is 51.3 Å². The van der Waals surface area contributed by atoms with Crippen LogP contribution in [0.5, 0.6) is 5.75 Å². The molecule has 1 aromatic carbocycles. The molecule has 0 aliphatic carbocycles. The molecule has 0 atom stereocenters. The molecule has 0 aromatic heterocycles. The van der Waals surface area contributed by atoms with Crippen molar-refractivity contribution in [1.82, 2.24) is 10.2 Å². The lowest BCUT2D eigenvalue weighted by atomic mass is 10.0. The Kier molecular flexibility index (Phi) is 6.25. The van der Waals surface area contributed by atoms with Crippen LogP contribution in [0.2, 0.25) is 0 Å². The molecule has 1 saturated heterocycles. The van der Waals surface area contributed by atoms with Crippen LogP contribution < -0.4 is 10.1 Å². The van der Waals surface area contributed by atoms with E-state index in [2.05, 4.69) is 31.0 Å². The van der Waals surface area contributed by atoms with Crippen LogP contribution in [0.15, 0.2) is 24.3 Å². The number of ether oxygens (including phenoxy) is 1. The van der Waals surface area contributed by atoms with Gasteiger partial charge in [0.15, 0.2) is 0 Å². The maximum Gasteiger partial charge on any atom is 0.251 e. The summed E-state index contributed by atoms with van der Waals surface area (Å²) in [4.78, 5) is 14.8. The van der Waals surface area contributed by atoms with Gasteiger partial charge in [-0.1, -0.05) is 13.0 Å². The van der Waals surface area contributed by atoms with Crippen molar-refractivity contribution in [3.63, 3.8) is 0 Å². The zero-order chi connectivity index (χ0) is 15.9. The van der Waals surface area contributed by atoms with E-state index in [9.17, 15) is 4.79 Å². The van der Waals surface area contributed by atoms with Gasteiger partial charge in [0.1, 0.15) is 5.75 Å². The van der Waals surface area contributed by atoms with Crippen molar-refractivity contribution in [2.24, 2.45) is 0 Å². The first kappa shape index (κ1) is 16.8. The maximum atomic E-state index is 12.4. The molecule has 0 radical (unpaired) electrons. The first-order chi connectivity index (χ1) is 10.6. The van der Waals surface area contributed by atoms with Crippen LogP contribution in [-0.4, -0.2) is 42.6 Å². The fourth-order valence-corrected chi connectivity index (χ4v) is 2.78. The summed E-state index contributed by atoms with van der Waals surface area (Å²) < 4.78 is 5.59. The molecule has 1 aliphatic rings. The maximum absolute atomic E-state index is 12.4. The van der Waals surface area contributed by atoms with E-state index in [1.54, 1.807) is 0 Å². The van der Waals surface area contributed by atoms with E-state index < -0.39 is 0 Å². The van der Waals surface area contributed by atoms with Crippen molar-refractivity contribution >= 4 is 5.91 Å². The fourth-order valence-electron chi connectivity index (χ4n) is 2.78. The van der Waals surface area contributed by atoms with E-state index in [-0.39, 0.29) is 11.9 Å². The summed E-state index contributed by atoms with van der Waals surface area (Å²) in [5, 5.41) is 3.16. The number of likely N-dealkylation sites (tertiary alicyclic amines) is 1. The minimum atomic E-state index is 0.00458. The van der Waals surface area contributed by atoms with Gasteiger partial charge in [0, 0.05) is 30.7 Å². The predicted molar refractivity (Wildman–Crippen MR) is 89.4 cm³/mol. The Morgan fingerprint density at radius 2 is 2.09 bits per heavy atom. The third kappa shape index (κ3) is 4.73. The van der Waals surface area contributed by atoms with E-state index in [1.807, 2.05) is 24.3 Å². The second-order valence-corrected chi connectivity index (χ2v) is 6.25. The number of amides is 1. The van der Waals surface area contributed by atoms with Gasteiger partial charge in [0.25, 0.3) is 5.91 Å². The number of nitrogens with one attached hydrogen (secondary N) is 1. The van der Waals surface area contributed by atoms with Crippen molar-refractivity contribution in [2.45, 2.75) is 52.1 Å². The number of carbonyl (C=O) groups excluding carboxylic acids is 1. The second-order valence-electron chi connectivity index (χ2n) is 6.25. The van der Waals surface area contributed by atoms with Crippen LogP contribution in [0.4, 0.5) is 0 Å². The van der Waals surface area contributed by atoms with E-state index in [0.717, 1.165) is 38.1 Å². The summed E-state index contributed by atoms with van der Waals surface area (Å²) in [6.45, 7) is 9.31. The lowest BCUT2D eigenvalue weighted by molar-refractivity contribution is 0.0900. The zero-order valence-electron chi connectivity index (χ0n) is 14.0. The monoisotopic (exact) mass is 304 g/mol. The molecule has 1 amide bonds. The fraction of sp³-hybridized carbons (Fsp3) is 0.611. The topological polar surface area (TPSA) is 41.6 Å². The summed E-state index contributed by atoms with van der Waals surface area (Å²) in [5.74, 6) is 0.772. The SMILES string of the molecule is CCCOc1cccc(C(=O)NC2CCN(C(C)C)CC2)c1. The largest absolute Gasteiger partial charge is 0.494 e. The smallest absolute Gasteiger partial charge is 0.251 e. The summed E-state index contributed by atoms with van der Waals surface area (Å²) in [6.07, 6.45) is 3.01. The number of hydrogen-bond donors (Lipinski definition) is 1. The summed E-state index contributed by atoms with van der Waals surface area (Å²) in [7, 11) is 0. The quantitative estimate of drug-likeness (QED) is 0.878. The Balaban J connectivity index is 1.87. The Bertz CT molecular complexity index is 480. The van der Waals surface area contributed by atoms with Crippen LogP contribution in [0.25, 0.3) is 0 Å². The highest BCUT2D eigenvalue weighted by atomic mass is 16.5. The van der Waals surface area contributed by atoms with E-state index in [1.165, 1.54) is 0 Å². The summed E-state index contributed by atoms with van der Waals surface area (Å²) in [5.41, 5.74) is 0.680. The predicted octanol–water partition coefficient (Wildman–Crippen LogP) is 3.08. The average molecular weight is 304 g/mol. The molecule has 1 heterocycles. The standard InChI is InChI=1S/C18H28N2O2/c1-4-12-22-17-7-5-6-15(13-17)18(21)19-16-8-10-20(11-9-16)14(2)3/h5-7,13-14,16H,4,8-12H2,1-3H3,(H,19,21). The third-order valence-corrected chi connectivity index (χ3v) is 4.16. The first-order valence-electron chi connectivity index (χ1n) is 8.38. The van der Waals surface area contributed by atoms with Crippen LogP contribution in [-0.2, 0) is 0 Å². The third-order valence-electron chi connectivity index (χ3n) is 4.16. The van der Waals surface area contributed by atoms with Crippen molar-refractivity contribution in [3.8, 4) is 5.75 Å². The molecule has 122 valence electrons. The van der Waals surface area contributed by atoms with Crippen LogP contribution in [0.1, 0.15) is 50.4 Å². The molecule has 0 saturated carbocycles. The lowest BCUT2D eigenvalue weighted by Gasteiger charge is -2.34. The van der Waals surface area contributed by atoms with Gasteiger partial charge < -0.3 is 15.0 Å². The zero-order valence-corrected chi connectivity index (χ0v) is 14.0. The normalized spacial score (nSPS) is 16.7. The van der Waals surface area contributed by atoms with Crippen LogP contribution >= 0.6 is 0 Å². The molecule has 22 heavy (non-hydrogen) atoms. The van der Waals surface area contributed by atoms with E-state index >= 15 is 0 Å². The molecule has 1 fully saturated rings. The number of nitrogens with zero attached hydrogens (tertiary/aromatic N) is 1. The van der Waals surface area contributed by atoms with Crippen molar-refractivity contribution < 1.29 is 9.53 Å². The van der Waals surface area contributed by atoms with Gasteiger partial charge in [-0.15, -0.1) is 0 Å². The van der Waals surface area contributed by atoms with E-state index in [4.69, 9.17) is 4.74 Å². The highest BCUT2D eigenvalue weighted by molar-refractivity contribution is 5.94. The lowest BCUT2D eigenvalue weighted by Crippen LogP contribution is -2.46. The molecule has 0 bridgehead atoms. The number of piperidine rings is 1. The molecule has 2 rings (SSSR count). The molecule has 1 aromatic rings. The molecule has 0 spiro atoms. The van der Waals surface area contributed by atoms with Crippen molar-refractivity contribution in [2.75, 3.05) is 19.7 Å². The van der Waals surface area contributed by atoms with Crippen molar-refractivity contribution in [3.05, 3.63) is 29.8 Å². The number of benzene rings is 1. The number of rotatable bonds is 6. The number of carbonyl (C=O) groups is 1. The van der Waals surface area contributed by atoms with Gasteiger partial charge in [-0.25, -0.2) is 0 Å². The summed E-state index contributed by atoms with van der Waals surface area (Å²) >= 11 is 0. The minimum Gasteiger partial charge on any atom is -0.494 e. The Labute approximate surface area is 133 Å². The van der Waals surface area contributed by atoms with E-state index in [0.29, 0.717) is 18.2 Å². The van der Waals surface area contributed by atoms with Gasteiger partial charge in [-0.3, -0.25) is 4.79 Å². The molecule has 0 unspecified atom stereocenters. The number of hydrogen-bond acceptors (Lipinski definition) is 3.